The SMILES string of the molecule is COCC1(C(=O)Nc2ccc(CN3CCC(C)CC3)cc2)CCNCC1.Cl.Cl. The number of hydrogen-bond acceptors (Lipinski definition) is 4. The summed E-state index contributed by atoms with van der Waals surface area (Å²) in [6, 6.07) is 8.33. The first kappa shape index (κ1) is 25.2. The summed E-state index contributed by atoms with van der Waals surface area (Å²) in [5.74, 6) is 0.942. The van der Waals surface area contributed by atoms with Crippen LogP contribution in [0.2, 0.25) is 0 Å². The summed E-state index contributed by atoms with van der Waals surface area (Å²) < 4.78 is 5.36. The van der Waals surface area contributed by atoms with Gasteiger partial charge in [0.2, 0.25) is 5.91 Å². The molecule has 160 valence electrons. The highest BCUT2D eigenvalue weighted by Crippen LogP contribution is 2.31. The minimum Gasteiger partial charge on any atom is -0.384 e. The van der Waals surface area contributed by atoms with Crippen LogP contribution in [0.4, 0.5) is 5.69 Å². The van der Waals surface area contributed by atoms with Gasteiger partial charge in [-0.3, -0.25) is 9.69 Å². The lowest BCUT2D eigenvalue weighted by atomic mass is 9.78. The number of methoxy groups -OCH3 is 1. The molecule has 5 nitrogen and oxygen atoms in total. The predicted octanol–water partition coefficient (Wildman–Crippen LogP) is 3.72. The van der Waals surface area contributed by atoms with Gasteiger partial charge < -0.3 is 15.4 Å². The second-order valence-corrected chi connectivity index (χ2v) is 8.07. The first-order valence-corrected chi connectivity index (χ1v) is 9.94. The van der Waals surface area contributed by atoms with Gasteiger partial charge in [0.1, 0.15) is 0 Å². The summed E-state index contributed by atoms with van der Waals surface area (Å²) in [5, 5.41) is 6.44. The molecular formula is C21H35Cl2N3O2. The maximum absolute atomic E-state index is 12.9. The molecule has 3 rings (SSSR count). The van der Waals surface area contributed by atoms with E-state index >= 15 is 0 Å². The van der Waals surface area contributed by atoms with Crippen molar-refractivity contribution in [3.8, 4) is 0 Å². The molecule has 2 N–H and O–H groups in total. The normalized spacial score (nSPS) is 19.9. The molecule has 0 aliphatic carbocycles. The highest BCUT2D eigenvalue weighted by atomic mass is 35.5. The summed E-state index contributed by atoms with van der Waals surface area (Å²) in [6.45, 7) is 7.93. The third-order valence-electron chi connectivity index (χ3n) is 5.96. The first-order valence-electron chi connectivity index (χ1n) is 9.94. The predicted molar refractivity (Wildman–Crippen MR) is 120 cm³/mol. The maximum Gasteiger partial charge on any atom is 0.233 e. The Kier molecular flexibility index (Phi) is 10.8. The summed E-state index contributed by atoms with van der Waals surface area (Å²) in [5.41, 5.74) is 1.77. The molecule has 0 bridgehead atoms. The van der Waals surface area contributed by atoms with Gasteiger partial charge in [0.25, 0.3) is 0 Å². The van der Waals surface area contributed by atoms with E-state index in [0.29, 0.717) is 6.61 Å². The average Bonchev–Trinajstić information content (AvgIpc) is 2.66. The van der Waals surface area contributed by atoms with E-state index in [4.69, 9.17) is 4.74 Å². The van der Waals surface area contributed by atoms with Gasteiger partial charge in [0.05, 0.1) is 12.0 Å². The van der Waals surface area contributed by atoms with Gasteiger partial charge in [-0.1, -0.05) is 19.1 Å². The molecule has 2 fully saturated rings. The van der Waals surface area contributed by atoms with Gasteiger partial charge in [-0.15, -0.1) is 24.8 Å². The number of benzene rings is 1. The number of ether oxygens (including phenoxy) is 1. The zero-order chi connectivity index (χ0) is 18.4. The van der Waals surface area contributed by atoms with Gasteiger partial charge in [-0.2, -0.15) is 0 Å². The first-order chi connectivity index (χ1) is 12.6. The Hall–Kier alpha value is -0.850. The van der Waals surface area contributed by atoms with Crippen molar-refractivity contribution in [3.63, 3.8) is 0 Å². The molecule has 1 amide bonds. The second-order valence-electron chi connectivity index (χ2n) is 8.07. The van der Waals surface area contributed by atoms with Crippen molar-refractivity contribution in [1.82, 2.24) is 10.2 Å². The Morgan fingerprint density at radius 3 is 2.36 bits per heavy atom. The van der Waals surface area contributed by atoms with Crippen LogP contribution in [-0.4, -0.2) is 50.7 Å². The molecule has 0 spiro atoms. The van der Waals surface area contributed by atoms with Crippen molar-refractivity contribution in [1.29, 1.82) is 0 Å². The molecule has 0 saturated carbocycles. The molecule has 7 heteroatoms. The average molecular weight is 432 g/mol. The molecule has 0 atom stereocenters. The van der Waals surface area contributed by atoms with Crippen molar-refractivity contribution in [2.24, 2.45) is 11.3 Å². The molecule has 28 heavy (non-hydrogen) atoms. The number of rotatable bonds is 6. The third kappa shape index (κ3) is 6.60. The van der Waals surface area contributed by atoms with Gasteiger partial charge >= 0.3 is 0 Å². The van der Waals surface area contributed by atoms with Crippen molar-refractivity contribution >= 4 is 36.4 Å². The van der Waals surface area contributed by atoms with Crippen LogP contribution in [0.5, 0.6) is 0 Å². The molecule has 1 aromatic rings. The topological polar surface area (TPSA) is 53.6 Å². The highest BCUT2D eigenvalue weighted by molar-refractivity contribution is 5.95. The van der Waals surface area contributed by atoms with Crippen molar-refractivity contribution < 1.29 is 9.53 Å². The largest absolute Gasteiger partial charge is 0.384 e. The van der Waals surface area contributed by atoms with E-state index in [1.54, 1.807) is 7.11 Å². The minimum atomic E-state index is -0.414. The zero-order valence-corrected chi connectivity index (χ0v) is 18.7. The van der Waals surface area contributed by atoms with Gasteiger partial charge in [0, 0.05) is 19.3 Å². The molecule has 2 heterocycles. The fraction of sp³-hybridized carbons (Fsp3) is 0.667. The van der Waals surface area contributed by atoms with Crippen molar-refractivity contribution in [2.45, 2.75) is 39.2 Å². The third-order valence-corrected chi connectivity index (χ3v) is 5.96. The van der Waals surface area contributed by atoms with Gasteiger partial charge in [0.15, 0.2) is 0 Å². The Labute approximate surface area is 181 Å². The monoisotopic (exact) mass is 431 g/mol. The van der Waals surface area contributed by atoms with E-state index in [1.165, 1.54) is 31.5 Å². The zero-order valence-electron chi connectivity index (χ0n) is 17.0. The number of carbonyl (C=O) groups excluding carboxylic acids is 1. The number of nitrogens with one attached hydrogen (secondary N) is 2. The van der Waals surface area contributed by atoms with Crippen LogP contribution in [0, 0.1) is 11.3 Å². The van der Waals surface area contributed by atoms with Gasteiger partial charge in [-0.25, -0.2) is 0 Å². The molecule has 0 aromatic heterocycles. The van der Waals surface area contributed by atoms with Crippen molar-refractivity contribution in [2.75, 3.05) is 45.2 Å². The van der Waals surface area contributed by atoms with Crippen LogP contribution in [0.15, 0.2) is 24.3 Å². The van der Waals surface area contributed by atoms with Crippen LogP contribution < -0.4 is 10.6 Å². The Morgan fingerprint density at radius 1 is 1.18 bits per heavy atom. The highest BCUT2D eigenvalue weighted by Gasteiger charge is 2.39. The molecule has 2 aliphatic rings. The lowest BCUT2D eigenvalue weighted by Gasteiger charge is -2.35. The van der Waals surface area contributed by atoms with Crippen LogP contribution in [-0.2, 0) is 16.1 Å². The summed E-state index contributed by atoms with van der Waals surface area (Å²) in [6.07, 6.45) is 4.23. The second kappa shape index (κ2) is 12.0. The number of piperidine rings is 2. The molecule has 1 aromatic carbocycles. The minimum absolute atomic E-state index is 0. The number of amides is 1. The van der Waals surface area contributed by atoms with E-state index in [9.17, 15) is 4.79 Å². The Balaban J connectivity index is 0.00000196. The van der Waals surface area contributed by atoms with E-state index in [2.05, 4.69) is 34.6 Å². The van der Waals surface area contributed by atoms with E-state index in [-0.39, 0.29) is 30.7 Å². The number of hydrogen-bond donors (Lipinski definition) is 2. The van der Waals surface area contributed by atoms with Gasteiger partial charge in [-0.05, 0) is 75.5 Å². The maximum atomic E-state index is 12.9. The quantitative estimate of drug-likeness (QED) is 0.720. The molecular weight excluding hydrogens is 397 g/mol. The van der Waals surface area contributed by atoms with Crippen LogP contribution >= 0.6 is 24.8 Å². The number of carbonyl (C=O) groups is 1. The molecule has 2 aliphatic heterocycles. The van der Waals surface area contributed by atoms with E-state index in [0.717, 1.165) is 44.1 Å². The lowest BCUT2D eigenvalue weighted by molar-refractivity contribution is -0.130. The Bertz CT molecular complexity index is 578. The van der Waals surface area contributed by atoms with E-state index in [1.807, 2.05) is 12.1 Å². The molecule has 0 unspecified atom stereocenters. The fourth-order valence-electron chi connectivity index (χ4n) is 4.05. The molecule has 0 radical (unpaired) electrons. The number of likely N-dealkylation sites (tertiary alicyclic amines) is 1. The summed E-state index contributed by atoms with van der Waals surface area (Å²) in [4.78, 5) is 15.4. The van der Waals surface area contributed by atoms with Crippen molar-refractivity contribution in [3.05, 3.63) is 29.8 Å². The number of nitrogens with zero attached hydrogens (tertiary/aromatic N) is 1. The van der Waals surface area contributed by atoms with E-state index < -0.39 is 5.41 Å². The number of anilines is 1. The summed E-state index contributed by atoms with van der Waals surface area (Å²) >= 11 is 0. The number of halogens is 2. The fourth-order valence-corrected chi connectivity index (χ4v) is 4.05. The standard InChI is InChI=1S/C21H33N3O2.2ClH/c1-17-7-13-24(14-8-17)15-18-3-5-19(6-4-18)23-20(25)21(16-26-2)9-11-22-12-10-21;;/h3-6,17,22H,7-16H2,1-2H3,(H,23,25);2*1H. The van der Waals surface area contributed by atoms with Crippen LogP contribution in [0.25, 0.3) is 0 Å². The van der Waals surface area contributed by atoms with Crippen LogP contribution in [0.3, 0.4) is 0 Å². The smallest absolute Gasteiger partial charge is 0.233 e. The van der Waals surface area contributed by atoms with Crippen LogP contribution in [0.1, 0.15) is 38.2 Å². The molecule has 2 saturated heterocycles. The lowest BCUT2D eigenvalue weighted by Crippen LogP contribution is -2.47. The Morgan fingerprint density at radius 2 is 1.79 bits per heavy atom. The summed E-state index contributed by atoms with van der Waals surface area (Å²) in [7, 11) is 1.67.